The van der Waals surface area contributed by atoms with Gasteiger partial charge in [-0.15, -0.1) is 0 Å². The molecule has 0 amide bonds. The van der Waals surface area contributed by atoms with E-state index in [4.69, 9.17) is 15.9 Å². The van der Waals surface area contributed by atoms with Crippen molar-refractivity contribution in [3.8, 4) is 5.75 Å². The molecular formula is C33H41NO3. The van der Waals surface area contributed by atoms with Crippen molar-refractivity contribution in [3.63, 3.8) is 0 Å². The number of carbonyl (C=O) groups is 1. The average Bonchev–Trinajstić information content (AvgIpc) is 2.98. The highest BCUT2D eigenvalue weighted by Gasteiger charge is 2.48. The van der Waals surface area contributed by atoms with E-state index >= 15 is 0 Å². The lowest BCUT2D eigenvalue weighted by molar-refractivity contribution is 0.0697. The van der Waals surface area contributed by atoms with E-state index in [1.54, 1.807) is 36.4 Å². The maximum atomic E-state index is 11.1. The molecule has 1 aliphatic rings. The summed E-state index contributed by atoms with van der Waals surface area (Å²) < 4.78 is 0. The number of phenolic OH excluding ortho intramolecular Hbond substituents is 1. The number of aromatic hydroxyl groups is 1. The lowest BCUT2D eigenvalue weighted by Crippen LogP contribution is -2.30. The van der Waals surface area contributed by atoms with E-state index < -0.39 is 5.97 Å². The maximum Gasteiger partial charge on any atom is 0.335 e. The van der Waals surface area contributed by atoms with Crippen molar-refractivity contribution in [1.82, 2.24) is 0 Å². The molecule has 3 aromatic rings. The molecule has 4 heteroatoms. The number of nitrogen functional groups attached to an aromatic ring is 1. The fourth-order valence-corrected chi connectivity index (χ4v) is 5.45. The molecule has 1 aliphatic carbocycles. The maximum absolute atomic E-state index is 11.1. The number of carboxylic acids is 1. The van der Waals surface area contributed by atoms with Gasteiger partial charge in [0.1, 0.15) is 5.75 Å². The van der Waals surface area contributed by atoms with Crippen LogP contribution in [0.1, 0.15) is 93.1 Å². The van der Waals surface area contributed by atoms with Gasteiger partial charge in [0.15, 0.2) is 0 Å². The van der Waals surface area contributed by atoms with Crippen molar-refractivity contribution >= 4 is 23.3 Å². The zero-order valence-corrected chi connectivity index (χ0v) is 23.2. The van der Waals surface area contributed by atoms with E-state index in [0.29, 0.717) is 17.2 Å². The van der Waals surface area contributed by atoms with Crippen molar-refractivity contribution in [2.24, 2.45) is 5.92 Å². The molecule has 0 saturated heterocycles. The number of phenols is 1. The van der Waals surface area contributed by atoms with Crippen molar-refractivity contribution in [2.45, 2.75) is 72.1 Å². The number of fused-ring (bicyclic) bond motifs is 1. The molecule has 1 unspecified atom stereocenters. The lowest BCUT2D eigenvalue weighted by atomic mass is 9.71. The first kappa shape index (κ1) is 28.0. The number of aromatic carboxylic acids is 1. The highest BCUT2D eigenvalue weighted by Crippen LogP contribution is 2.54. The molecule has 4 nitrogen and oxygen atoms in total. The van der Waals surface area contributed by atoms with Gasteiger partial charge in [-0.2, -0.15) is 0 Å². The number of allylic oxidation sites excluding steroid dienone is 1. The minimum atomic E-state index is -0.889. The van der Waals surface area contributed by atoms with Crippen LogP contribution in [0.3, 0.4) is 0 Å². The number of carboxylic acid groups (broad SMARTS) is 1. The molecule has 37 heavy (non-hydrogen) atoms. The van der Waals surface area contributed by atoms with Crippen LogP contribution in [-0.2, 0) is 17.3 Å². The van der Waals surface area contributed by atoms with Gasteiger partial charge in [0, 0.05) is 5.69 Å². The van der Waals surface area contributed by atoms with Crippen LogP contribution in [0.5, 0.6) is 5.75 Å². The fourth-order valence-electron chi connectivity index (χ4n) is 5.45. The van der Waals surface area contributed by atoms with Gasteiger partial charge >= 0.3 is 5.97 Å². The van der Waals surface area contributed by atoms with Gasteiger partial charge in [0.25, 0.3) is 0 Å². The molecule has 0 radical (unpaired) electrons. The number of rotatable bonds is 5. The fraction of sp³-hybridized carbons (Fsp3) is 0.364. The van der Waals surface area contributed by atoms with Crippen LogP contribution in [0.4, 0.5) is 5.69 Å². The molecule has 0 fully saturated rings. The van der Waals surface area contributed by atoms with Crippen molar-refractivity contribution < 1.29 is 15.0 Å². The average molecular weight is 500 g/mol. The highest BCUT2D eigenvalue weighted by molar-refractivity contribution is 5.88. The van der Waals surface area contributed by atoms with Crippen molar-refractivity contribution in [2.75, 3.05) is 5.73 Å². The number of aryl methyl sites for hydroxylation is 1. The van der Waals surface area contributed by atoms with Crippen LogP contribution in [0.25, 0.3) is 11.6 Å². The second kappa shape index (κ2) is 10.8. The van der Waals surface area contributed by atoms with Gasteiger partial charge in [-0.05, 0) is 99.9 Å². The van der Waals surface area contributed by atoms with Gasteiger partial charge in [0.2, 0.25) is 0 Å². The van der Waals surface area contributed by atoms with Crippen LogP contribution >= 0.6 is 0 Å². The van der Waals surface area contributed by atoms with Crippen molar-refractivity contribution in [1.29, 1.82) is 0 Å². The summed E-state index contributed by atoms with van der Waals surface area (Å²) >= 11 is 0. The molecule has 196 valence electrons. The monoisotopic (exact) mass is 499 g/mol. The minimum absolute atomic E-state index is 0.141. The summed E-state index contributed by atoms with van der Waals surface area (Å²) in [5, 5.41) is 17.8. The molecule has 4 N–H and O–H groups in total. The molecule has 0 spiro atoms. The standard InChI is InChI=1S/C27H34O2.C6H7NO/c1-8-9-21-15-23-24(27(6,7)18(3)26(23,4)5)16-22(21)17(2)14-19-10-12-20(13-11-19)25(28)29;7-5-1-3-6(8)4-2-5/h10-16,18H,8-9H2,1-7H3,(H,28,29);1-4,8H,7H2. The zero-order valence-electron chi connectivity index (χ0n) is 23.2. The second-order valence-electron chi connectivity index (χ2n) is 11.3. The summed E-state index contributed by atoms with van der Waals surface area (Å²) in [7, 11) is 0. The van der Waals surface area contributed by atoms with E-state index in [1.807, 2.05) is 12.1 Å². The van der Waals surface area contributed by atoms with Gasteiger partial charge in [-0.3, -0.25) is 0 Å². The van der Waals surface area contributed by atoms with Gasteiger partial charge in [-0.1, -0.05) is 78.3 Å². The normalized spacial score (nSPS) is 17.5. The summed E-state index contributed by atoms with van der Waals surface area (Å²) in [5.41, 5.74) is 14.6. The number of anilines is 1. The third-order valence-corrected chi connectivity index (χ3v) is 8.17. The molecule has 0 aliphatic heterocycles. The van der Waals surface area contributed by atoms with Crippen LogP contribution in [-0.4, -0.2) is 16.2 Å². The Balaban J connectivity index is 0.000000405. The Morgan fingerprint density at radius 3 is 1.97 bits per heavy atom. The molecule has 0 aromatic heterocycles. The zero-order chi connectivity index (χ0) is 27.5. The first-order valence-corrected chi connectivity index (χ1v) is 13.0. The van der Waals surface area contributed by atoms with E-state index in [0.717, 1.165) is 18.4 Å². The predicted molar refractivity (Wildman–Crippen MR) is 155 cm³/mol. The summed E-state index contributed by atoms with van der Waals surface area (Å²) in [5.74, 6) is -0.0677. The highest BCUT2D eigenvalue weighted by atomic mass is 16.4. The third kappa shape index (κ3) is 5.90. The van der Waals surface area contributed by atoms with E-state index in [1.165, 1.54) is 27.8 Å². The Morgan fingerprint density at radius 1 is 0.946 bits per heavy atom. The van der Waals surface area contributed by atoms with Crippen LogP contribution in [0.15, 0.2) is 60.7 Å². The van der Waals surface area contributed by atoms with Crippen molar-refractivity contribution in [3.05, 3.63) is 94.0 Å². The van der Waals surface area contributed by atoms with Crippen LogP contribution in [0.2, 0.25) is 0 Å². The molecule has 1 atom stereocenters. The molecule has 4 rings (SSSR count). The topological polar surface area (TPSA) is 83.5 Å². The van der Waals surface area contributed by atoms with E-state index in [-0.39, 0.29) is 16.6 Å². The predicted octanol–water partition coefficient (Wildman–Crippen LogP) is 8.08. The molecule has 0 bridgehead atoms. The Labute approximate surface area is 221 Å². The molecule has 0 heterocycles. The van der Waals surface area contributed by atoms with E-state index in [2.05, 4.69) is 66.7 Å². The Bertz CT molecular complexity index is 1260. The van der Waals surface area contributed by atoms with Gasteiger partial charge < -0.3 is 15.9 Å². The van der Waals surface area contributed by atoms with E-state index in [9.17, 15) is 4.79 Å². The third-order valence-electron chi connectivity index (χ3n) is 8.17. The summed E-state index contributed by atoms with van der Waals surface area (Å²) in [6.07, 6.45) is 4.35. The largest absolute Gasteiger partial charge is 0.508 e. The summed E-state index contributed by atoms with van der Waals surface area (Å²) in [4.78, 5) is 11.1. The molecular weight excluding hydrogens is 458 g/mol. The van der Waals surface area contributed by atoms with Crippen LogP contribution < -0.4 is 5.73 Å². The quantitative estimate of drug-likeness (QED) is 0.188. The number of hydrogen-bond acceptors (Lipinski definition) is 3. The van der Waals surface area contributed by atoms with Gasteiger partial charge in [-0.25, -0.2) is 4.79 Å². The smallest absolute Gasteiger partial charge is 0.335 e. The second-order valence-corrected chi connectivity index (χ2v) is 11.3. The van der Waals surface area contributed by atoms with Crippen LogP contribution in [0, 0.1) is 5.92 Å². The Morgan fingerprint density at radius 2 is 1.49 bits per heavy atom. The first-order chi connectivity index (χ1) is 17.3. The first-order valence-electron chi connectivity index (χ1n) is 13.0. The molecule has 0 saturated carbocycles. The Kier molecular flexibility index (Phi) is 8.22. The Hall–Kier alpha value is -3.53. The SMILES string of the molecule is CCCc1cc2c(cc1C(C)=Cc1ccc(C(=O)O)cc1)C(C)(C)C(C)C2(C)C.Nc1ccc(O)cc1. The number of benzene rings is 3. The molecule has 3 aromatic carbocycles. The number of nitrogens with two attached hydrogens (primary N) is 1. The lowest BCUT2D eigenvalue weighted by Gasteiger charge is -2.32. The number of hydrogen-bond donors (Lipinski definition) is 3. The van der Waals surface area contributed by atoms with Gasteiger partial charge in [0.05, 0.1) is 5.56 Å². The summed E-state index contributed by atoms with van der Waals surface area (Å²) in [6.45, 7) is 16.3. The minimum Gasteiger partial charge on any atom is -0.508 e. The summed E-state index contributed by atoms with van der Waals surface area (Å²) in [6, 6.07) is 18.4.